The van der Waals surface area contributed by atoms with Crippen LogP contribution in [-0.4, -0.2) is 7.25 Å². The molecule has 0 atom stereocenters. The summed E-state index contributed by atoms with van der Waals surface area (Å²) in [6, 6.07) is 35.0. The van der Waals surface area contributed by atoms with Gasteiger partial charge in [0.25, 0.3) is 0 Å². The van der Waals surface area contributed by atoms with Crippen molar-refractivity contribution in [1.29, 1.82) is 0 Å². The monoisotopic (exact) mass is 577 g/mol. The summed E-state index contributed by atoms with van der Waals surface area (Å²) < 4.78 is 42.8. The molecule has 0 amide bonds. The number of aromatic nitrogens is 1. The zero-order valence-corrected chi connectivity index (χ0v) is 20.9. The van der Waals surface area contributed by atoms with Crippen LogP contribution in [0.15, 0.2) is 97.1 Å². The summed E-state index contributed by atoms with van der Waals surface area (Å²) in [5.74, 6) is 0. The Labute approximate surface area is 211 Å². The van der Waals surface area contributed by atoms with Gasteiger partial charge in [0.05, 0.1) is 0 Å². The molecule has 3 aromatic carbocycles. The molecule has 0 spiro atoms. The lowest BCUT2D eigenvalue weighted by Gasteiger charge is -2.13. The summed E-state index contributed by atoms with van der Waals surface area (Å²) in [7, 11) is -6.00. The second-order valence-corrected chi connectivity index (χ2v) is 9.00. The third-order valence-electron chi connectivity index (χ3n) is 5.20. The van der Waals surface area contributed by atoms with Crippen LogP contribution in [0.5, 0.6) is 0 Å². The van der Waals surface area contributed by atoms with E-state index in [2.05, 4.69) is 131 Å². The molecule has 0 aliphatic heterocycles. The Bertz CT molecular complexity index is 1190. The largest absolute Gasteiger partial charge is 0.673 e. The van der Waals surface area contributed by atoms with E-state index in [-0.39, 0.29) is 0 Å². The fraction of sp³-hybridized carbons (Fsp3) is 0.148. The zero-order chi connectivity index (χ0) is 24.6. The zero-order valence-electron chi connectivity index (χ0n) is 18.8. The van der Waals surface area contributed by atoms with Gasteiger partial charge in [-0.05, 0) is 64.0 Å². The van der Waals surface area contributed by atoms with Gasteiger partial charge >= 0.3 is 7.25 Å². The van der Waals surface area contributed by atoms with Gasteiger partial charge in [0, 0.05) is 33.3 Å². The Balaban J connectivity index is 0.000000588. The van der Waals surface area contributed by atoms with Crippen molar-refractivity contribution in [3.63, 3.8) is 0 Å². The first-order valence-electron chi connectivity index (χ1n) is 11.1. The number of benzene rings is 3. The molecule has 4 aromatic rings. The molecule has 1 nitrogen and oxygen atoms in total. The highest BCUT2D eigenvalue weighted by atomic mass is 127. The predicted octanol–water partition coefficient (Wildman–Crippen LogP) is 8.68. The minimum Gasteiger partial charge on any atom is -0.418 e. The smallest absolute Gasteiger partial charge is 0.418 e. The van der Waals surface area contributed by atoms with Gasteiger partial charge in [-0.2, -0.15) is 4.57 Å². The van der Waals surface area contributed by atoms with Crippen LogP contribution >= 0.6 is 22.6 Å². The Morgan fingerprint density at radius 2 is 1.15 bits per heavy atom. The van der Waals surface area contributed by atoms with Crippen molar-refractivity contribution in [2.75, 3.05) is 0 Å². The molecule has 0 N–H and O–H groups in total. The molecule has 0 saturated carbocycles. The maximum atomic E-state index is 9.75. The summed E-state index contributed by atoms with van der Waals surface area (Å²) in [4.78, 5) is 0. The molecule has 0 aliphatic rings. The average Bonchev–Trinajstić information content (AvgIpc) is 2.82. The maximum absolute atomic E-state index is 9.75. The third-order valence-corrected chi connectivity index (χ3v) is 5.87. The first-order chi connectivity index (χ1) is 16.3. The molecule has 0 fully saturated rings. The van der Waals surface area contributed by atoms with Crippen LogP contribution in [0.25, 0.3) is 33.6 Å². The Kier molecular flexibility index (Phi) is 9.27. The van der Waals surface area contributed by atoms with E-state index in [4.69, 9.17) is 0 Å². The second kappa shape index (κ2) is 12.2. The maximum Gasteiger partial charge on any atom is 0.673 e. The van der Waals surface area contributed by atoms with Gasteiger partial charge in [-0.15, -0.1) is 0 Å². The molecule has 176 valence electrons. The molecule has 0 aliphatic carbocycles. The summed E-state index contributed by atoms with van der Waals surface area (Å²) in [5, 5.41) is 0. The minimum absolute atomic E-state index is 1.01. The van der Waals surface area contributed by atoms with Gasteiger partial charge in [-0.3, -0.25) is 0 Å². The SMILES string of the molecule is CCCC[n+]1c(-c2ccccc2)cc(-c2ccccc2)cc1-c1cccc(I)c1.F[B-](F)(F)F. The molecule has 0 saturated heterocycles. The Morgan fingerprint density at radius 3 is 1.68 bits per heavy atom. The number of halogens is 5. The van der Waals surface area contributed by atoms with Crippen molar-refractivity contribution in [3.8, 4) is 33.6 Å². The van der Waals surface area contributed by atoms with Gasteiger partial charge < -0.3 is 17.3 Å². The van der Waals surface area contributed by atoms with E-state index < -0.39 is 7.25 Å². The van der Waals surface area contributed by atoms with E-state index >= 15 is 0 Å². The van der Waals surface area contributed by atoms with Crippen LogP contribution in [0.1, 0.15) is 19.8 Å². The van der Waals surface area contributed by atoms with Crippen molar-refractivity contribution in [1.82, 2.24) is 0 Å². The number of rotatable bonds is 6. The van der Waals surface area contributed by atoms with Crippen LogP contribution in [0.4, 0.5) is 17.3 Å². The van der Waals surface area contributed by atoms with Gasteiger partial charge in [0.2, 0.25) is 11.4 Å². The highest BCUT2D eigenvalue weighted by Crippen LogP contribution is 2.29. The van der Waals surface area contributed by atoms with Gasteiger partial charge in [-0.1, -0.05) is 67.9 Å². The van der Waals surface area contributed by atoms with Gasteiger partial charge in [-0.25, -0.2) is 0 Å². The minimum atomic E-state index is -6.00. The van der Waals surface area contributed by atoms with E-state index in [9.17, 15) is 17.3 Å². The lowest BCUT2D eigenvalue weighted by molar-refractivity contribution is -0.675. The first-order valence-corrected chi connectivity index (χ1v) is 12.2. The summed E-state index contributed by atoms with van der Waals surface area (Å²) >= 11 is 2.40. The van der Waals surface area contributed by atoms with Crippen molar-refractivity contribution >= 4 is 29.8 Å². The number of pyridine rings is 1. The molecule has 1 heterocycles. The fourth-order valence-electron chi connectivity index (χ4n) is 3.71. The summed E-state index contributed by atoms with van der Waals surface area (Å²) in [6.45, 7) is 3.27. The molecule has 4 rings (SSSR count). The average molecular weight is 577 g/mol. The second-order valence-electron chi connectivity index (χ2n) is 7.76. The van der Waals surface area contributed by atoms with Crippen LogP contribution < -0.4 is 4.57 Å². The van der Waals surface area contributed by atoms with E-state index in [0.717, 1.165) is 13.0 Å². The number of unbranched alkanes of at least 4 members (excludes halogenated alkanes) is 1. The fourth-order valence-corrected chi connectivity index (χ4v) is 4.25. The molecule has 0 bridgehead atoms. The molecule has 34 heavy (non-hydrogen) atoms. The number of nitrogens with zero attached hydrogens (tertiary/aromatic N) is 1. The van der Waals surface area contributed by atoms with Gasteiger partial charge in [0.15, 0.2) is 0 Å². The van der Waals surface area contributed by atoms with Crippen LogP contribution in [0.2, 0.25) is 0 Å². The van der Waals surface area contributed by atoms with Crippen LogP contribution in [0, 0.1) is 3.57 Å². The third kappa shape index (κ3) is 7.69. The van der Waals surface area contributed by atoms with Crippen LogP contribution in [0.3, 0.4) is 0 Å². The van der Waals surface area contributed by atoms with Crippen molar-refractivity contribution in [3.05, 3.63) is 101 Å². The molecular weight excluding hydrogens is 552 g/mol. The Hall–Kier alpha value is -2.68. The first kappa shape index (κ1) is 25.9. The molecule has 7 heteroatoms. The molecular formula is C27H25BF4IN. The predicted molar refractivity (Wildman–Crippen MR) is 141 cm³/mol. The van der Waals surface area contributed by atoms with Crippen molar-refractivity contribution < 1.29 is 21.8 Å². The number of hydrogen-bond acceptors (Lipinski definition) is 0. The lowest BCUT2D eigenvalue weighted by Crippen LogP contribution is -2.39. The standard InChI is InChI=1S/C27H25IN.BF4/c1-2-3-17-29-26(22-13-8-5-9-14-22)19-24(21-11-6-4-7-12-21)20-27(29)23-15-10-16-25(28)18-23;2-1(3,4)5/h4-16,18-20H,2-3,17H2,1H3;/q+1;-1. The van der Waals surface area contributed by atoms with E-state index in [1.54, 1.807) is 0 Å². The lowest BCUT2D eigenvalue weighted by atomic mass is 9.99. The molecule has 1 aromatic heterocycles. The normalized spacial score (nSPS) is 11.0. The summed E-state index contributed by atoms with van der Waals surface area (Å²) in [5.41, 5.74) is 7.58. The molecule has 0 radical (unpaired) electrons. The quantitative estimate of drug-likeness (QED) is 0.0935. The number of hydrogen-bond donors (Lipinski definition) is 0. The van der Waals surface area contributed by atoms with Crippen LogP contribution in [-0.2, 0) is 6.54 Å². The van der Waals surface area contributed by atoms with E-state index in [0.29, 0.717) is 0 Å². The molecule has 0 unspecified atom stereocenters. The van der Waals surface area contributed by atoms with E-state index in [1.807, 2.05) is 0 Å². The highest BCUT2D eigenvalue weighted by Gasteiger charge is 2.22. The Morgan fingerprint density at radius 1 is 0.647 bits per heavy atom. The van der Waals surface area contributed by atoms with Crippen molar-refractivity contribution in [2.24, 2.45) is 0 Å². The van der Waals surface area contributed by atoms with E-state index in [1.165, 1.54) is 43.6 Å². The highest BCUT2D eigenvalue weighted by molar-refractivity contribution is 14.1. The van der Waals surface area contributed by atoms with Crippen molar-refractivity contribution in [2.45, 2.75) is 26.3 Å². The topological polar surface area (TPSA) is 3.88 Å². The summed E-state index contributed by atoms with van der Waals surface area (Å²) in [6.07, 6.45) is 2.33. The van der Waals surface area contributed by atoms with Gasteiger partial charge in [0.1, 0.15) is 6.54 Å².